The number of aromatic nitrogens is 3. The Morgan fingerprint density at radius 1 is 1.38 bits per heavy atom. The molecule has 2 N–H and O–H groups in total. The third kappa shape index (κ3) is 2.46. The number of halogens is 1. The Morgan fingerprint density at radius 2 is 2.12 bits per heavy atom. The van der Waals surface area contributed by atoms with Crippen LogP contribution in [0.1, 0.15) is 15.9 Å². The number of nitrogens with zero attached hydrogens (tertiary/aromatic N) is 2. The number of aromatic amines is 1. The Bertz CT molecular complexity index is 466. The molecule has 6 heteroatoms. The maximum atomic E-state index is 11.7. The molecular formula is C10H9BrN4O. The van der Waals surface area contributed by atoms with Gasteiger partial charge < -0.3 is 0 Å². The van der Waals surface area contributed by atoms with Crippen molar-refractivity contribution in [2.24, 2.45) is 0 Å². The predicted molar refractivity (Wildman–Crippen MR) is 63.4 cm³/mol. The highest BCUT2D eigenvalue weighted by Gasteiger charge is 2.06. The first-order chi connectivity index (χ1) is 7.79. The van der Waals surface area contributed by atoms with E-state index in [1.54, 1.807) is 12.1 Å². The van der Waals surface area contributed by atoms with E-state index in [1.807, 2.05) is 12.1 Å². The van der Waals surface area contributed by atoms with Crippen LogP contribution in [0.5, 0.6) is 0 Å². The minimum absolute atomic E-state index is 0.210. The van der Waals surface area contributed by atoms with Crippen molar-refractivity contribution in [3.63, 3.8) is 0 Å². The van der Waals surface area contributed by atoms with Crippen LogP contribution in [-0.4, -0.2) is 21.1 Å². The summed E-state index contributed by atoms with van der Waals surface area (Å²) in [6.07, 6.45) is 1.34. The number of nitrogens with one attached hydrogen (secondary N) is 2. The Morgan fingerprint density at radius 3 is 2.69 bits per heavy atom. The highest BCUT2D eigenvalue weighted by Crippen LogP contribution is 2.09. The molecule has 1 aromatic carbocycles. The molecule has 2 rings (SSSR count). The number of amides is 1. The van der Waals surface area contributed by atoms with Gasteiger partial charge in [-0.3, -0.25) is 10.1 Å². The van der Waals surface area contributed by atoms with Gasteiger partial charge >= 0.3 is 0 Å². The maximum Gasteiger partial charge on any atom is 0.258 e. The lowest BCUT2D eigenvalue weighted by Crippen LogP contribution is -2.12. The van der Waals surface area contributed by atoms with E-state index in [0.29, 0.717) is 11.5 Å². The van der Waals surface area contributed by atoms with Gasteiger partial charge in [0, 0.05) is 10.9 Å². The molecule has 16 heavy (non-hydrogen) atoms. The fraction of sp³-hybridized carbons (Fsp3) is 0.100. The van der Waals surface area contributed by atoms with Gasteiger partial charge in [0.1, 0.15) is 6.33 Å². The van der Waals surface area contributed by atoms with E-state index in [2.05, 4.69) is 36.4 Å². The van der Waals surface area contributed by atoms with E-state index in [-0.39, 0.29) is 5.91 Å². The van der Waals surface area contributed by atoms with Gasteiger partial charge in [-0.05, 0) is 17.7 Å². The molecule has 0 aliphatic heterocycles. The van der Waals surface area contributed by atoms with Crippen molar-refractivity contribution in [1.82, 2.24) is 15.2 Å². The van der Waals surface area contributed by atoms with E-state index in [1.165, 1.54) is 6.33 Å². The van der Waals surface area contributed by atoms with Crippen LogP contribution in [0, 0.1) is 0 Å². The Kier molecular flexibility index (Phi) is 3.31. The monoisotopic (exact) mass is 280 g/mol. The Labute approximate surface area is 100 Å². The zero-order chi connectivity index (χ0) is 11.4. The number of hydrogen-bond donors (Lipinski definition) is 2. The van der Waals surface area contributed by atoms with Crippen molar-refractivity contribution in [1.29, 1.82) is 0 Å². The van der Waals surface area contributed by atoms with E-state index in [4.69, 9.17) is 0 Å². The average Bonchev–Trinajstić information content (AvgIpc) is 2.82. The summed E-state index contributed by atoms with van der Waals surface area (Å²) in [5.41, 5.74) is 1.71. The fourth-order valence-electron chi connectivity index (χ4n) is 1.19. The molecule has 0 spiro atoms. The first-order valence-corrected chi connectivity index (χ1v) is 5.73. The molecule has 1 amide bonds. The lowest BCUT2D eigenvalue weighted by molar-refractivity contribution is 0.102. The zero-order valence-corrected chi connectivity index (χ0v) is 9.86. The Balaban J connectivity index is 2.09. The molecule has 0 bridgehead atoms. The van der Waals surface area contributed by atoms with Gasteiger partial charge in [0.2, 0.25) is 5.95 Å². The predicted octanol–water partition coefficient (Wildman–Crippen LogP) is 1.95. The summed E-state index contributed by atoms with van der Waals surface area (Å²) in [6.45, 7) is 0. The van der Waals surface area contributed by atoms with Gasteiger partial charge in [-0.2, -0.15) is 10.1 Å². The number of benzene rings is 1. The van der Waals surface area contributed by atoms with Gasteiger partial charge in [-0.25, -0.2) is 5.10 Å². The lowest BCUT2D eigenvalue weighted by atomic mass is 10.1. The van der Waals surface area contributed by atoms with Gasteiger partial charge in [-0.1, -0.05) is 28.1 Å². The van der Waals surface area contributed by atoms with Crippen LogP contribution in [-0.2, 0) is 5.33 Å². The summed E-state index contributed by atoms with van der Waals surface area (Å²) in [5, 5.41) is 9.57. The molecule has 2 aromatic rings. The van der Waals surface area contributed by atoms with Gasteiger partial charge in [0.25, 0.3) is 5.91 Å². The second kappa shape index (κ2) is 4.89. The van der Waals surface area contributed by atoms with Crippen molar-refractivity contribution < 1.29 is 4.79 Å². The first-order valence-electron chi connectivity index (χ1n) is 4.61. The van der Waals surface area contributed by atoms with Gasteiger partial charge in [0.15, 0.2) is 0 Å². The first kappa shape index (κ1) is 10.8. The second-order valence-corrected chi connectivity index (χ2v) is 3.68. The number of hydrogen-bond acceptors (Lipinski definition) is 3. The van der Waals surface area contributed by atoms with Crippen LogP contribution in [0.2, 0.25) is 0 Å². The van der Waals surface area contributed by atoms with E-state index < -0.39 is 0 Å². The third-order valence-electron chi connectivity index (χ3n) is 2.02. The third-order valence-corrected chi connectivity index (χ3v) is 2.66. The topological polar surface area (TPSA) is 70.7 Å². The summed E-state index contributed by atoms with van der Waals surface area (Å²) < 4.78 is 0. The highest BCUT2D eigenvalue weighted by molar-refractivity contribution is 9.08. The van der Waals surface area contributed by atoms with Crippen LogP contribution < -0.4 is 5.32 Å². The van der Waals surface area contributed by atoms with Crippen LogP contribution in [0.4, 0.5) is 5.95 Å². The molecule has 0 aliphatic carbocycles. The Hall–Kier alpha value is -1.69. The van der Waals surface area contributed by atoms with Crippen molar-refractivity contribution in [2.75, 3.05) is 5.32 Å². The molecule has 1 heterocycles. The van der Waals surface area contributed by atoms with Crippen molar-refractivity contribution in [3.8, 4) is 0 Å². The minimum Gasteiger partial charge on any atom is -0.291 e. The summed E-state index contributed by atoms with van der Waals surface area (Å²) in [6, 6.07) is 7.32. The smallest absolute Gasteiger partial charge is 0.258 e. The molecule has 5 nitrogen and oxygen atoms in total. The SMILES string of the molecule is O=C(Nc1ncn[nH]1)c1ccc(CBr)cc1. The second-order valence-electron chi connectivity index (χ2n) is 3.12. The van der Waals surface area contributed by atoms with Crippen LogP contribution in [0.25, 0.3) is 0 Å². The van der Waals surface area contributed by atoms with Crippen LogP contribution in [0.15, 0.2) is 30.6 Å². The van der Waals surface area contributed by atoms with E-state index >= 15 is 0 Å². The highest BCUT2D eigenvalue weighted by atomic mass is 79.9. The normalized spacial score (nSPS) is 10.1. The number of carbonyl (C=O) groups is 1. The van der Waals surface area contributed by atoms with Gasteiger partial charge in [0.05, 0.1) is 0 Å². The standard InChI is InChI=1S/C10H9BrN4O/c11-5-7-1-3-8(4-2-7)9(16)14-10-12-6-13-15-10/h1-4,6H,5H2,(H2,12,13,14,15,16). The summed E-state index contributed by atoms with van der Waals surface area (Å²) >= 11 is 3.34. The quantitative estimate of drug-likeness (QED) is 0.845. The van der Waals surface area contributed by atoms with Crippen LogP contribution >= 0.6 is 15.9 Å². The lowest BCUT2D eigenvalue weighted by Gasteiger charge is -2.02. The molecule has 82 valence electrons. The van der Waals surface area contributed by atoms with E-state index in [0.717, 1.165) is 10.9 Å². The number of anilines is 1. The molecule has 0 unspecified atom stereocenters. The number of H-pyrrole nitrogens is 1. The summed E-state index contributed by atoms with van der Waals surface area (Å²) in [7, 11) is 0. The summed E-state index contributed by atoms with van der Waals surface area (Å²) in [5.74, 6) is 0.132. The molecule has 0 saturated carbocycles. The van der Waals surface area contributed by atoms with Crippen LogP contribution in [0.3, 0.4) is 0 Å². The van der Waals surface area contributed by atoms with E-state index in [9.17, 15) is 4.79 Å². The molecule has 0 aliphatic rings. The molecule has 0 atom stereocenters. The minimum atomic E-state index is -0.210. The molecule has 0 fully saturated rings. The van der Waals surface area contributed by atoms with Crippen molar-refractivity contribution in [2.45, 2.75) is 5.33 Å². The number of alkyl halides is 1. The van der Waals surface area contributed by atoms with Crippen molar-refractivity contribution >= 4 is 27.8 Å². The molecule has 1 aromatic heterocycles. The zero-order valence-electron chi connectivity index (χ0n) is 8.27. The van der Waals surface area contributed by atoms with Crippen molar-refractivity contribution in [3.05, 3.63) is 41.7 Å². The van der Waals surface area contributed by atoms with Gasteiger partial charge in [-0.15, -0.1) is 0 Å². The number of carbonyl (C=O) groups excluding carboxylic acids is 1. The molecular weight excluding hydrogens is 272 g/mol. The molecule has 0 radical (unpaired) electrons. The molecule has 0 saturated heterocycles. The maximum absolute atomic E-state index is 11.7. The average molecular weight is 281 g/mol. The fourth-order valence-corrected chi connectivity index (χ4v) is 1.56. The number of rotatable bonds is 3. The summed E-state index contributed by atoms with van der Waals surface area (Å²) in [4.78, 5) is 15.5. The largest absolute Gasteiger partial charge is 0.291 e.